The molecule has 0 saturated carbocycles. The maximum atomic E-state index is 11.8. The van der Waals surface area contributed by atoms with Crippen LogP contribution in [0.2, 0.25) is 0 Å². The minimum atomic E-state index is -3.40. The Labute approximate surface area is 228 Å². The highest BCUT2D eigenvalue weighted by Crippen LogP contribution is 2.44. The molecule has 196 valence electrons. The fraction of sp³-hybridized carbons (Fsp3) is 0.250. The van der Waals surface area contributed by atoms with E-state index in [0.717, 1.165) is 51.5 Å². The van der Waals surface area contributed by atoms with Gasteiger partial charge in [-0.1, -0.05) is 6.07 Å². The third kappa shape index (κ3) is 4.89. The normalized spacial score (nSPS) is 17.5. The van der Waals surface area contributed by atoms with E-state index < -0.39 is 10.0 Å². The van der Waals surface area contributed by atoms with Crippen molar-refractivity contribution in [2.24, 2.45) is 0 Å². The quantitative estimate of drug-likeness (QED) is 0.327. The Balaban J connectivity index is 1.65. The number of nitrogens with zero attached hydrogens (tertiary/aromatic N) is 4. The van der Waals surface area contributed by atoms with Crippen molar-refractivity contribution in [1.29, 1.82) is 0 Å². The zero-order valence-electron chi connectivity index (χ0n) is 21.9. The second-order valence-electron chi connectivity index (χ2n) is 9.72. The van der Waals surface area contributed by atoms with Gasteiger partial charge in [0.1, 0.15) is 5.82 Å². The van der Waals surface area contributed by atoms with Gasteiger partial charge in [0.05, 0.1) is 29.7 Å². The summed E-state index contributed by atoms with van der Waals surface area (Å²) in [6, 6.07) is 17.4. The van der Waals surface area contributed by atoms with E-state index in [-0.39, 0.29) is 12.1 Å². The molecule has 1 aliphatic heterocycles. The minimum absolute atomic E-state index is 0.197. The Hall–Kier alpha value is -3.76. The number of aryl methyl sites for hydroxylation is 3. The van der Waals surface area contributed by atoms with E-state index in [9.17, 15) is 8.42 Å². The summed E-state index contributed by atoms with van der Waals surface area (Å²) in [5.74, 6) is 0.868. The topological polar surface area (TPSA) is 92.2 Å². The predicted octanol–water partition coefficient (Wildman–Crippen LogP) is 5.05. The van der Waals surface area contributed by atoms with Crippen LogP contribution in [0.25, 0.3) is 5.82 Å². The molecule has 1 fully saturated rings. The summed E-state index contributed by atoms with van der Waals surface area (Å²) in [6.45, 7) is 8.12. The summed E-state index contributed by atoms with van der Waals surface area (Å²) in [4.78, 5) is 11.4. The molecule has 8 nitrogen and oxygen atoms in total. The van der Waals surface area contributed by atoms with Crippen molar-refractivity contribution in [2.45, 2.75) is 39.8 Å². The molecule has 0 bridgehead atoms. The molecular formula is C28H30N6O2S2. The van der Waals surface area contributed by atoms with Gasteiger partial charge in [-0.05, 0) is 105 Å². The average molecular weight is 547 g/mol. The summed E-state index contributed by atoms with van der Waals surface area (Å²) >= 11 is 5.89. The molecule has 0 aliphatic carbocycles. The van der Waals surface area contributed by atoms with Gasteiger partial charge in [0.2, 0.25) is 10.0 Å². The van der Waals surface area contributed by atoms with Crippen LogP contribution in [-0.4, -0.2) is 34.3 Å². The molecule has 5 rings (SSSR count). The maximum Gasteiger partial charge on any atom is 0.229 e. The van der Waals surface area contributed by atoms with E-state index in [1.54, 1.807) is 12.3 Å². The van der Waals surface area contributed by atoms with Crippen LogP contribution in [0.15, 0.2) is 67.0 Å². The molecule has 1 aromatic carbocycles. The Morgan fingerprint density at radius 2 is 1.76 bits per heavy atom. The van der Waals surface area contributed by atoms with Gasteiger partial charge in [-0.15, -0.1) is 0 Å². The van der Waals surface area contributed by atoms with E-state index in [4.69, 9.17) is 12.2 Å². The molecule has 0 amide bonds. The van der Waals surface area contributed by atoms with Gasteiger partial charge in [0.15, 0.2) is 5.11 Å². The number of rotatable bonds is 6. The Morgan fingerprint density at radius 1 is 0.974 bits per heavy atom. The third-order valence-electron chi connectivity index (χ3n) is 6.80. The van der Waals surface area contributed by atoms with E-state index in [0.29, 0.717) is 10.8 Å². The fourth-order valence-corrected chi connectivity index (χ4v) is 6.12. The first kappa shape index (κ1) is 25.9. The van der Waals surface area contributed by atoms with Crippen molar-refractivity contribution in [2.75, 3.05) is 15.9 Å². The maximum absolute atomic E-state index is 11.8. The lowest BCUT2D eigenvalue weighted by molar-refractivity contribution is 0.565. The smallest absolute Gasteiger partial charge is 0.229 e. The van der Waals surface area contributed by atoms with Crippen LogP contribution in [0.1, 0.15) is 45.9 Å². The molecule has 0 radical (unpaired) electrons. The predicted molar refractivity (Wildman–Crippen MR) is 155 cm³/mol. The van der Waals surface area contributed by atoms with E-state index in [2.05, 4.69) is 62.4 Å². The Morgan fingerprint density at radius 3 is 2.42 bits per heavy atom. The molecule has 3 aromatic heterocycles. The number of hydrogen-bond donors (Lipinski definition) is 2. The van der Waals surface area contributed by atoms with Crippen molar-refractivity contribution in [3.8, 4) is 5.82 Å². The number of hydrogen-bond acceptors (Lipinski definition) is 5. The molecule has 2 atom stereocenters. The van der Waals surface area contributed by atoms with Crippen molar-refractivity contribution in [3.05, 3.63) is 101 Å². The Bertz CT molecular complexity index is 1630. The Kier molecular flexibility index (Phi) is 6.70. The molecule has 0 unspecified atom stereocenters. The van der Waals surface area contributed by atoms with Gasteiger partial charge in [0, 0.05) is 29.5 Å². The van der Waals surface area contributed by atoms with Crippen molar-refractivity contribution in [1.82, 2.24) is 19.9 Å². The monoisotopic (exact) mass is 546 g/mol. The summed E-state index contributed by atoms with van der Waals surface area (Å²) in [5, 5.41) is 4.08. The van der Waals surface area contributed by atoms with E-state index in [1.807, 2.05) is 49.5 Å². The van der Waals surface area contributed by atoms with Crippen molar-refractivity contribution < 1.29 is 8.42 Å². The molecule has 4 aromatic rings. The lowest BCUT2D eigenvalue weighted by atomic mass is 9.96. The highest BCUT2D eigenvalue weighted by molar-refractivity contribution is 7.92. The summed E-state index contributed by atoms with van der Waals surface area (Å²) < 4.78 is 28.4. The number of anilines is 2. The number of thiocarbonyl (C=S) groups is 1. The van der Waals surface area contributed by atoms with Crippen LogP contribution >= 0.6 is 12.2 Å². The molecule has 1 saturated heterocycles. The fourth-order valence-electron chi connectivity index (χ4n) is 5.14. The zero-order chi connectivity index (χ0) is 27.2. The molecule has 10 heteroatoms. The molecule has 4 heterocycles. The first-order valence-corrected chi connectivity index (χ1v) is 14.5. The van der Waals surface area contributed by atoms with Gasteiger partial charge in [0.25, 0.3) is 0 Å². The van der Waals surface area contributed by atoms with Crippen LogP contribution in [-0.2, 0) is 10.0 Å². The van der Waals surface area contributed by atoms with Crippen molar-refractivity contribution in [3.63, 3.8) is 0 Å². The second-order valence-corrected chi connectivity index (χ2v) is 11.9. The van der Waals surface area contributed by atoms with Crippen LogP contribution in [0, 0.1) is 27.7 Å². The average Bonchev–Trinajstić information content (AvgIpc) is 3.35. The van der Waals surface area contributed by atoms with Crippen LogP contribution < -0.4 is 14.9 Å². The highest BCUT2D eigenvalue weighted by atomic mass is 32.2. The SMILES string of the molecule is Cc1ccnc(-n2c(C)cc([C@@H]3[C@H](c4ccccn4)NC(=S)N3c3ccc(NS(C)(=O)=O)c(C)c3)c2C)c1. The summed E-state index contributed by atoms with van der Waals surface area (Å²) in [7, 11) is -3.40. The summed E-state index contributed by atoms with van der Waals surface area (Å²) in [5.41, 5.74) is 7.45. The van der Waals surface area contributed by atoms with Gasteiger partial charge < -0.3 is 14.8 Å². The van der Waals surface area contributed by atoms with Crippen molar-refractivity contribution >= 4 is 38.7 Å². The summed E-state index contributed by atoms with van der Waals surface area (Å²) in [6.07, 6.45) is 4.76. The van der Waals surface area contributed by atoms with Gasteiger partial charge in [-0.3, -0.25) is 9.71 Å². The van der Waals surface area contributed by atoms with Crippen LogP contribution in [0.5, 0.6) is 0 Å². The standard InChI is InChI=1S/C28H30N6O2S2/c1-17-11-13-30-25(14-17)33-19(3)16-22(20(33)4)27-26(24-8-6-7-12-29-24)31-28(37)34(27)21-9-10-23(18(2)15-21)32-38(5,35)36/h6-16,26-27,32H,1-5H3,(H,31,37)/t26-,27+/m0/s1. The lowest BCUT2D eigenvalue weighted by Gasteiger charge is -2.28. The number of nitrogens with one attached hydrogen (secondary N) is 2. The van der Waals surface area contributed by atoms with Crippen LogP contribution in [0.4, 0.5) is 11.4 Å². The van der Waals surface area contributed by atoms with Gasteiger partial charge >= 0.3 is 0 Å². The lowest BCUT2D eigenvalue weighted by Crippen LogP contribution is -2.29. The molecule has 0 spiro atoms. The number of pyridine rings is 2. The van der Waals surface area contributed by atoms with E-state index >= 15 is 0 Å². The molecular weight excluding hydrogens is 516 g/mol. The second kappa shape index (κ2) is 9.85. The molecule has 38 heavy (non-hydrogen) atoms. The number of sulfonamides is 1. The van der Waals surface area contributed by atoms with Gasteiger partial charge in [-0.25, -0.2) is 13.4 Å². The van der Waals surface area contributed by atoms with E-state index in [1.165, 1.54) is 0 Å². The zero-order valence-corrected chi connectivity index (χ0v) is 23.6. The first-order valence-electron chi connectivity index (χ1n) is 12.2. The molecule has 2 N–H and O–H groups in total. The number of benzene rings is 1. The van der Waals surface area contributed by atoms with Gasteiger partial charge in [-0.2, -0.15) is 0 Å². The minimum Gasteiger partial charge on any atom is -0.351 e. The van der Waals surface area contributed by atoms with Crippen LogP contribution in [0.3, 0.4) is 0 Å². The number of aromatic nitrogens is 3. The highest BCUT2D eigenvalue weighted by Gasteiger charge is 2.42. The first-order chi connectivity index (χ1) is 18.0. The molecule has 1 aliphatic rings. The largest absolute Gasteiger partial charge is 0.351 e. The third-order valence-corrected chi connectivity index (χ3v) is 7.71.